The lowest BCUT2D eigenvalue weighted by molar-refractivity contribution is -0.121. The molecule has 2 aliphatic rings. The van der Waals surface area contributed by atoms with Crippen LogP contribution in [0, 0.1) is 0 Å². The average molecular weight is 317 g/mol. The second-order valence-electron chi connectivity index (χ2n) is 5.58. The van der Waals surface area contributed by atoms with E-state index in [1.807, 2.05) is 44.2 Å². The van der Waals surface area contributed by atoms with Gasteiger partial charge in [0.1, 0.15) is 15.7 Å². The molecule has 1 fully saturated rings. The van der Waals surface area contributed by atoms with Gasteiger partial charge in [-0.15, -0.1) is 0 Å². The molecule has 0 bridgehead atoms. The molecule has 1 saturated heterocycles. The molecule has 0 aliphatic carbocycles. The van der Waals surface area contributed by atoms with Crippen molar-refractivity contribution in [2.45, 2.75) is 19.4 Å². The Hall–Kier alpha value is -1.59. The van der Waals surface area contributed by atoms with E-state index in [0.717, 1.165) is 16.9 Å². The highest BCUT2D eigenvalue weighted by molar-refractivity contribution is 8.26. The fourth-order valence-electron chi connectivity index (χ4n) is 2.18. The molecule has 108 valence electrons. The molecule has 2 aliphatic heterocycles. The first kappa shape index (κ1) is 14.4. The Morgan fingerprint density at radius 1 is 1.38 bits per heavy atom. The molecule has 0 aromatic heterocycles. The number of amides is 1. The van der Waals surface area contributed by atoms with Crippen LogP contribution in [0.2, 0.25) is 0 Å². The molecule has 0 saturated carbocycles. The van der Waals surface area contributed by atoms with E-state index in [0.29, 0.717) is 9.23 Å². The van der Waals surface area contributed by atoms with Gasteiger partial charge in [0.2, 0.25) is 0 Å². The van der Waals surface area contributed by atoms with Gasteiger partial charge in [-0.3, -0.25) is 9.69 Å². The predicted molar refractivity (Wildman–Crippen MR) is 91.1 cm³/mol. The molecule has 1 aromatic rings. The Kier molecular flexibility index (Phi) is 3.42. The second kappa shape index (κ2) is 5.00. The number of nitrogens with zero attached hydrogens (tertiary/aromatic N) is 1. The quantitative estimate of drug-likeness (QED) is 0.583. The van der Waals surface area contributed by atoms with E-state index in [2.05, 4.69) is 6.08 Å². The number of thiocarbonyl (C=S) groups is 1. The molecule has 1 amide bonds. The minimum atomic E-state index is -0.279. The van der Waals surface area contributed by atoms with Crippen LogP contribution >= 0.6 is 24.0 Å². The van der Waals surface area contributed by atoms with Crippen molar-refractivity contribution in [2.75, 3.05) is 7.05 Å². The lowest BCUT2D eigenvalue weighted by atomic mass is 10.0. The van der Waals surface area contributed by atoms with E-state index in [1.165, 1.54) is 16.7 Å². The normalized spacial score (nSPS) is 21.7. The van der Waals surface area contributed by atoms with Crippen LogP contribution in [-0.2, 0) is 4.79 Å². The number of fused-ring (bicyclic) bond motifs is 1. The van der Waals surface area contributed by atoms with Crippen LogP contribution in [0.4, 0.5) is 0 Å². The summed E-state index contributed by atoms with van der Waals surface area (Å²) in [7, 11) is 1.70. The third kappa shape index (κ3) is 2.76. The molecule has 0 spiro atoms. The Morgan fingerprint density at radius 2 is 2.14 bits per heavy atom. The molecular weight excluding hydrogens is 302 g/mol. The van der Waals surface area contributed by atoms with Gasteiger partial charge in [0.05, 0.1) is 4.91 Å². The maximum absolute atomic E-state index is 12.0. The summed E-state index contributed by atoms with van der Waals surface area (Å²) >= 11 is 6.46. The molecule has 0 atom stereocenters. The highest BCUT2D eigenvalue weighted by Gasteiger charge is 2.28. The summed E-state index contributed by atoms with van der Waals surface area (Å²) < 4.78 is 6.48. The van der Waals surface area contributed by atoms with Crippen molar-refractivity contribution in [2.24, 2.45) is 0 Å². The summed E-state index contributed by atoms with van der Waals surface area (Å²) in [5.41, 5.74) is 1.71. The lowest BCUT2D eigenvalue weighted by Crippen LogP contribution is -2.27. The maximum atomic E-state index is 12.0. The molecule has 3 rings (SSSR count). The van der Waals surface area contributed by atoms with Crippen molar-refractivity contribution >= 4 is 46.4 Å². The molecule has 5 heteroatoms. The molecular formula is C16H15NO2S2. The standard InChI is InChI=1S/C16H15NO2S2/c1-16(2)7-6-11-8-10(4-5-12(11)19-16)9-13-14(18)17(3)15(20)21-13/h4-9H,1-3H3. The van der Waals surface area contributed by atoms with Crippen molar-refractivity contribution in [1.29, 1.82) is 0 Å². The SMILES string of the molecule is CN1C(=O)C(=Cc2ccc3c(c2)C=CC(C)(C)O3)SC1=S. The van der Waals surface area contributed by atoms with Crippen LogP contribution in [-0.4, -0.2) is 27.8 Å². The zero-order chi connectivity index (χ0) is 15.2. The number of rotatable bonds is 1. The monoisotopic (exact) mass is 317 g/mol. The number of likely N-dealkylation sites (N-methyl/N-ethyl adjacent to an activating group) is 1. The van der Waals surface area contributed by atoms with Crippen LogP contribution in [0.15, 0.2) is 29.2 Å². The van der Waals surface area contributed by atoms with E-state index in [4.69, 9.17) is 17.0 Å². The summed E-state index contributed by atoms with van der Waals surface area (Å²) in [5, 5.41) is 0. The average Bonchev–Trinajstić information content (AvgIpc) is 2.66. The van der Waals surface area contributed by atoms with Gasteiger partial charge in [-0.1, -0.05) is 36.1 Å². The van der Waals surface area contributed by atoms with Crippen molar-refractivity contribution in [3.8, 4) is 5.75 Å². The highest BCUT2D eigenvalue weighted by Crippen LogP contribution is 2.34. The van der Waals surface area contributed by atoms with Gasteiger partial charge < -0.3 is 4.74 Å². The number of ether oxygens (including phenoxy) is 1. The Labute approximate surface area is 133 Å². The number of thioether (sulfide) groups is 1. The molecule has 0 unspecified atom stereocenters. The molecule has 3 nitrogen and oxygen atoms in total. The van der Waals surface area contributed by atoms with Gasteiger partial charge in [0, 0.05) is 12.6 Å². The summed E-state index contributed by atoms with van der Waals surface area (Å²) in [6.07, 6.45) is 5.96. The third-order valence-electron chi connectivity index (χ3n) is 3.36. The minimum Gasteiger partial charge on any atom is -0.483 e. The van der Waals surface area contributed by atoms with Gasteiger partial charge in [-0.2, -0.15) is 0 Å². The largest absolute Gasteiger partial charge is 0.483 e. The first-order valence-electron chi connectivity index (χ1n) is 6.60. The fourth-order valence-corrected chi connectivity index (χ4v) is 3.36. The highest BCUT2D eigenvalue weighted by atomic mass is 32.2. The van der Waals surface area contributed by atoms with E-state index in [1.54, 1.807) is 7.05 Å². The zero-order valence-corrected chi connectivity index (χ0v) is 13.7. The number of hydrogen-bond donors (Lipinski definition) is 0. The van der Waals surface area contributed by atoms with Crippen molar-refractivity contribution in [1.82, 2.24) is 4.90 Å². The molecule has 21 heavy (non-hydrogen) atoms. The van der Waals surface area contributed by atoms with Crippen LogP contribution < -0.4 is 4.74 Å². The fraction of sp³-hybridized carbons (Fsp3) is 0.250. The Morgan fingerprint density at radius 3 is 2.81 bits per heavy atom. The van der Waals surface area contributed by atoms with Crippen LogP contribution in [0.5, 0.6) is 5.75 Å². The van der Waals surface area contributed by atoms with E-state index in [-0.39, 0.29) is 11.5 Å². The number of carbonyl (C=O) groups excluding carboxylic acids is 1. The van der Waals surface area contributed by atoms with Gasteiger partial charge in [-0.05, 0) is 43.7 Å². The Balaban J connectivity index is 1.93. The summed E-state index contributed by atoms with van der Waals surface area (Å²) in [5.74, 6) is 0.818. The van der Waals surface area contributed by atoms with E-state index in [9.17, 15) is 4.79 Å². The van der Waals surface area contributed by atoms with Gasteiger partial charge in [-0.25, -0.2) is 0 Å². The van der Waals surface area contributed by atoms with Crippen LogP contribution in [0.3, 0.4) is 0 Å². The first-order chi connectivity index (χ1) is 9.85. The van der Waals surface area contributed by atoms with Crippen molar-refractivity contribution < 1.29 is 9.53 Å². The minimum absolute atomic E-state index is 0.0457. The first-order valence-corrected chi connectivity index (χ1v) is 7.82. The molecule has 1 aromatic carbocycles. The van der Waals surface area contributed by atoms with Gasteiger partial charge in [0.15, 0.2) is 0 Å². The number of carbonyl (C=O) groups is 1. The van der Waals surface area contributed by atoms with E-state index >= 15 is 0 Å². The van der Waals surface area contributed by atoms with Crippen LogP contribution in [0.1, 0.15) is 25.0 Å². The number of benzene rings is 1. The summed E-state index contributed by atoms with van der Waals surface area (Å²) in [4.78, 5) is 14.2. The second-order valence-corrected chi connectivity index (χ2v) is 7.25. The molecule has 0 radical (unpaired) electrons. The van der Waals surface area contributed by atoms with Crippen molar-refractivity contribution in [3.05, 3.63) is 40.3 Å². The van der Waals surface area contributed by atoms with Gasteiger partial charge >= 0.3 is 0 Å². The van der Waals surface area contributed by atoms with Gasteiger partial charge in [0.25, 0.3) is 5.91 Å². The zero-order valence-electron chi connectivity index (χ0n) is 12.0. The van der Waals surface area contributed by atoms with E-state index < -0.39 is 0 Å². The lowest BCUT2D eigenvalue weighted by Gasteiger charge is -2.27. The summed E-state index contributed by atoms with van der Waals surface area (Å²) in [6.45, 7) is 4.04. The smallest absolute Gasteiger partial charge is 0.265 e. The van der Waals surface area contributed by atoms with Crippen molar-refractivity contribution in [3.63, 3.8) is 0 Å². The molecule has 2 heterocycles. The van der Waals surface area contributed by atoms with Crippen LogP contribution in [0.25, 0.3) is 12.2 Å². The topological polar surface area (TPSA) is 29.5 Å². The number of hydrogen-bond acceptors (Lipinski definition) is 4. The Bertz CT molecular complexity index is 704. The third-order valence-corrected chi connectivity index (χ3v) is 4.84. The summed E-state index contributed by atoms with van der Waals surface area (Å²) in [6, 6.07) is 5.92. The maximum Gasteiger partial charge on any atom is 0.265 e. The molecule has 0 N–H and O–H groups in total. The predicted octanol–water partition coefficient (Wildman–Crippen LogP) is 3.70.